The molecular formula is C27H30O6. The molecule has 0 aromatic heterocycles. The zero-order chi connectivity index (χ0) is 23.0. The average molecular weight is 451 g/mol. The lowest BCUT2D eigenvalue weighted by Gasteiger charge is -2.45. The summed E-state index contributed by atoms with van der Waals surface area (Å²) in [6.07, 6.45) is -6.68. The van der Waals surface area contributed by atoms with Gasteiger partial charge in [-0.3, -0.25) is 0 Å². The number of hydrogen-bond donors (Lipinski definition) is 3. The molecule has 3 aromatic carbocycles. The summed E-state index contributed by atoms with van der Waals surface area (Å²) in [5, 5.41) is 32.8. The summed E-state index contributed by atoms with van der Waals surface area (Å²) in [6, 6.07) is 28.6. The molecule has 0 spiro atoms. The van der Waals surface area contributed by atoms with E-state index < -0.39 is 36.6 Å². The van der Waals surface area contributed by atoms with E-state index in [9.17, 15) is 15.3 Å². The molecule has 1 aliphatic carbocycles. The van der Waals surface area contributed by atoms with Gasteiger partial charge in [-0.2, -0.15) is 0 Å². The standard InChI is InChI=1S/C27H30O6/c28-22-23(29)26(32-17-20-12-6-2-7-13-20)27(33-18-21-14-8-3-9-15-21)24(30)25(22)31-16-19-10-4-1-5-11-19/h1-15,22-30H,16-18H2/t22-,23-,24-,25?,26+,27-/m0/s1. The van der Waals surface area contributed by atoms with Gasteiger partial charge in [0.15, 0.2) is 0 Å². The van der Waals surface area contributed by atoms with E-state index in [4.69, 9.17) is 14.2 Å². The number of hydrogen-bond acceptors (Lipinski definition) is 6. The van der Waals surface area contributed by atoms with Gasteiger partial charge in [0.25, 0.3) is 0 Å². The first kappa shape index (κ1) is 23.6. The highest BCUT2D eigenvalue weighted by atomic mass is 16.6. The molecule has 6 nitrogen and oxygen atoms in total. The molecular weight excluding hydrogens is 420 g/mol. The Morgan fingerprint density at radius 2 is 0.727 bits per heavy atom. The smallest absolute Gasteiger partial charge is 0.115 e. The molecule has 6 atom stereocenters. The van der Waals surface area contributed by atoms with E-state index in [1.807, 2.05) is 91.0 Å². The molecule has 0 saturated heterocycles. The van der Waals surface area contributed by atoms with Crippen molar-refractivity contribution in [3.63, 3.8) is 0 Å². The Kier molecular flexibility index (Phi) is 8.23. The monoisotopic (exact) mass is 450 g/mol. The lowest BCUT2D eigenvalue weighted by Crippen LogP contribution is -2.65. The van der Waals surface area contributed by atoms with Gasteiger partial charge >= 0.3 is 0 Å². The van der Waals surface area contributed by atoms with E-state index in [1.165, 1.54) is 0 Å². The van der Waals surface area contributed by atoms with Crippen LogP contribution in [0.3, 0.4) is 0 Å². The number of aliphatic hydroxyl groups is 3. The number of ether oxygens (including phenoxy) is 3. The summed E-state index contributed by atoms with van der Waals surface area (Å²) in [7, 11) is 0. The van der Waals surface area contributed by atoms with Crippen LogP contribution in [-0.4, -0.2) is 51.9 Å². The van der Waals surface area contributed by atoms with Gasteiger partial charge in [-0.15, -0.1) is 0 Å². The molecule has 0 bridgehead atoms. The van der Waals surface area contributed by atoms with Crippen LogP contribution >= 0.6 is 0 Å². The first-order valence-corrected chi connectivity index (χ1v) is 11.1. The Hall–Kier alpha value is -2.58. The average Bonchev–Trinajstić information content (AvgIpc) is 2.86. The third-order valence-electron chi connectivity index (χ3n) is 5.88. The minimum atomic E-state index is -1.33. The van der Waals surface area contributed by atoms with Crippen LogP contribution in [0.2, 0.25) is 0 Å². The molecule has 1 fully saturated rings. The molecule has 3 N–H and O–H groups in total. The van der Waals surface area contributed by atoms with Gasteiger partial charge in [0.05, 0.1) is 19.8 Å². The minimum absolute atomic E-state index is 0.188. The van der Waals surface area contributed by atoms with Gasteiger partial charge in [0.1, 0.15) is 36.6 Å². The van der Waals surface area contributed by atoms with Crippen LogP contribution in [0.15, 0.2) is 91.0 Å². The fraction of sp³-hybridized carbons (Fsp3) is 0.333. The quantitative estimate of drug-likeness (QED) is 0.465. The van der Waals surface area contributed by atoms with Crippen molar-refractivity contribution < 1.29 is 29.5 Å². The van der Waals surface area contributed by atoms with Gasteiger partial charge in [-0.1, -0.05) is 91.0 Å². The van der Waals surface area contributed by atoms with Crippen molar-refractivity contribution in [3.8, 4) is 0 Å². The van der Waals surface area contributed by atoms with E-state index in [-0.39, 0.29) is 19.8 Å². The van der Waals surface area contributed by atoms with Crippen molar-refractivity contribution in [1.82, 2.24) is 0 Å². The second-order valence-corrected chi connectivity index (χ2v) is 8.26. The Labute approximate surface area is 194 Å². The summed E-state index contributed by atoms with van der Waals surface area (Å²) in [4.78, 5) is 0. The first-order chi connectivity index (χ1) is 16.1. The fourth-order valence-electron chi connectivity index (χ4n) is 4.05. The van der Waals surface area contributed by atoms with Crippen LogP contribution in [0.25, 0.3) is 0 Å². The maximum absolute atomic E-state index is 11.1. The highest BCUT2D eigenvalue weighted by molar-refractivity contribution is 5.16. The van der Waals surface area contributed by atoms with Crippen molar-refractivity contribution in [2.75, 3.05) is 0 Å². The van der Waals surface area contributed by atoms with Gasteiger partial charge in [-0.25, -0.2) is 0 Å². The summed E-state index contributed by atoms with van der Waals surface area (Å²) in [6.45, 7) is 0.623. The highest BCUT2D eigenvalue weighted by Gasteiger charge is 2.51. The summed E-state index contributed by atoms with van der Waals surface area (Å²) in [5.74, 6) is 0. The van der Waals surface area contributed by atoms with Crippen molar-refractivity contribution >= 4 is 0 Å². The third-order valence-corrected chi connectivity index (χ3v) is 5.88. The SMILES string of the molecule is O[C@@H]1[C@@H](OCc2ccccc2)[C@@H](OCc2ccccc2)[C@@H](O)C(OCc2ccccc2)[C@H]1O. The van der Waals surface area contributed by atoms with E-state index >= 15 is 0 Å². The molecule has 1 saturated carbocycles. The number of aliphatic hydroxyl groups excluding tert-OH is 3. The maximum Gasteiger partial charge on any atom is 0.115 e. The largest absolute Gasteiger partial charge is 0.387 e. The minimum Gasteiger partial charge on any atom is -0.387 e. The zero-order valence-corrected chi connectivity index (χ0v) is 18.3. The molecule has 6 heteroatoms. The zero-order valence-electron chi connectivity index (χ0n) is 18.3. The summed E-state index contributed by atoms with van der Waals surface area (Å²) in [5.41, 5.74) is 2.74. The lowest BCUT2D eigenvalue weighted by atomic mass is 9.84. The van der Waals surface area contributed by atoms with Gasteiger partial charge in [0, 0.05) is 0 Å². The van der Waals surface area contributed by atoms with Crippen LogP contribution < -0.4 is 0 Å². The van der Waals surface area contributed by atoms with Gasteiger partial charge in [-0.05, 0) is 16.7 Å². The Morgan fingerprint density at radius 1 is 0.424 bits per heavy atom. The van der Waals surface area contributed by atoms with Crippen LogP contribution in [0, 0.1) is 0 Å². The second kappa shape index (κ2) is 11.5. The fourth-order valence-corrected chi connectivity index (χ4v) is 4.05. The van der Waals surface area contributed by atoms with Crippen LogP contribution in [0.1, 0.15) is 16.7 Å². The van der Waals surface area contributed by atoms with Gasteiger partial charge < -0.3 is 29.5 Å². The normalized spacial score (nSPS) is 27.4. The van der Waals surface area contributed by atoms with E-state index in [0.29, 0.717) is 0 Å². The van der Waals surface area contributed by atoms with Crippen LogP contribution in [0.5, 0.6) is 0 Å². The van der Waals surface area contributed by atoms with Crippen molar-refractivity contribution in [1.29, 1.82) is 0 Å². The molecule has 4 rings (SSSR count). The van der Waals surface area contributed by atoms with Crippen molar-refractivity contribution in [3.05, 3.63) is 108 Å². The second-order valence-electron chi connectivity index (χ2n) is 8.26. The Morgan fingerprint density at radius 3 is 1.12 bits per heavy atom. The predicted octanol–water partition coefficient (Wildman–Crippen LogP) is 2.84. The molecule has 0 aliphatic heterocycles. The summed E-state index contributed by atoms with van der Waals surface area (Å²) < 4.78 is 17.9. The Balaban J connectivity index is 1.49. The summed E-state index contributed by atoms with van der Waals surface area (Å²) >= 11 is 0. The number of rotatable bonds is 9. The maximum atomic E-state index is 11.1. The molecule has 1 aliphatic rings. The van der Waals surface area contributed by atoms with E-state index in [2.05, 4.69) is 0 Å². The third kappa shape index (κ3) is 6.06. The first-order valence-electron chi connectivity index (χ1n) is 11.1. The van der Waals surface area contributed by atoms with Crippen molar-refractivity contribution in [2.45, 2.75) is 56.4 Å². The molecule has 0 heterocycles. The highest BCUT2D eigenvalue weighted by Crippen LogP contribution is 2.30. The van der Waals surface area contributed by atoms with Crippen molar-refractivity contribution in [2.24, 2.45) is 0 Å². The molecule has 0 amide bonds. The van der Waals surface area contributed by atoms with E-state index in [0.717, 1.165) is 16.7 Å². The Bertz CT molecular complexity index is 952. The van der Waals surface area contributed by atoms with Gasteiger partial charge in [0.2, 0.25) is 0 Å². The molecule has 174 valence electrons. The molecule has 33 heavy (non-hydrogen) atoms. The van der Waals surface area contributed by atoms with E-state index in [1.54, 1.807) is 0 Å². The van der Waals surface area contributed by atoms with Crippen LogP contribution in [0.4, 0.5) is 0 Å². The predicted molar refractivity (Wildman–Crippen MR) is 123 cm³/mol. The molecule has 3 aromatic rings. The number of benzene rings is 3. The van der Waals surface area contributed by atoms with Crippen LogP contribution in [-0.2, 0) is 34.0 Å². The lowest BCUT2D eigenvalue weighted by molar-refractivity contribution is -0.262. The molecule has 1 unspecified atom stereocenters. The topological polar surface area (TPSA) is 88.4 Å². The molecule has 0 radical (unpaired) electrons.